The van der Waals surface area contributed by atoms with E-state index in [9.17, 15) is 0 Å². The van der Waals surface area contributed by atoms with Gasteiger partial charge in [-0.1, -0.05) is 15.9 Å². The monoisotopic (exact) mass is 294 g/mol. The van der Waals surface area contributed by atoms with E-state index in [1.165, 1.54) is 31.6 Å². The Bertz CT molecular complexity index is 397. The summed E-state index contributed by atoms with van der Waals surface area (Å²) in [6.07, 6.45) is 2.78. The molecule has 0 bridgehead atoms. The molecule has 1 N–H and O–H groups in total. The predicted octanol–water partition coefficient (Wildman–Crippen LogP) is 3.03. The van der Waals surface area contributed by atoms with Gasteiger partial charge in [-0.15, -0.1) is 0 Å². The van der Waals surface area contributed by atoms with Crippen molar-refractivity contribution in [2.75, 3.05) is 24.5 Å². The molecule has 1 aliphatic heterocycles. The van der Waals surface area contributed by atoms with E-state index in [0.29, 0.717) is 11.5 Å². The lowest BCUT2D eigenvalue weighted by Crippen LogP contribution is -2.38. The molecule has 1 unspecified atom stereocenters. The first-order valence-electron chi connectivity index (χ1n) is 6.42. The molecule has 0 radical (unpaired) electrons. The molecule has 0 amide bonds. The minimum absolute atomic E-state index is 0.567. The van der Waals surface area contributed by atoms with E-state index in [-0.39, 0.29) is 0 Å². The highest BCUT2D eigenvalue weighted by Gasteiger charge is 2.45. The fraction of sp³-hybridized carbons (Fsp3) is 0.571. The standard InChI is InChI=1S/C14H19BrN2/c1-11-8-16-9-14(6-7-14)10-17(11)13-4-2-12(15)3-5-13/h2-5,11,16H,6-10H2,1H3. The molecule has 3 heteroatoms. The molecule has 17 heavy (non-hydrogen) atoms. The average Bonchev–Trinajstić information content (AvgIpc) is 3.09. The largest absolute Gasteiger partial charge is 0.367 e. The number of nitrogens with zero attached hydrogens (tertiary/aromatic N) is 1. The summed E-state index contributed by atoms with van der Waals surface area (Å²) in [5.74, 6) is 0. The Labute approximate surface area is 112 Å². The number of hydrogen-bond acceptors (Lipinski definition) is 2. The van der Waals surface area contributed by atoms with Crippen LogP contribution in [0.1, 0.15) is 19.8 Å². The maximum atomic E-state index is 3.61. The topological polar surface area (TPSA) is 15.3 Å². The van der Waals surface area contributed by atoms with Crippen molar-refractivity contribution < 1.29 is 0 Å². The fourth-order valence-electron chi connectivity index (χ4n) is 2.72. The number of hydrogen-bond donors (Lipinski definition) is 1. The lowest BCUT2D eigenvalue weighted by atomic mass is 10.1. The molecule has 92 valence electrons. The zero-order chi connectivity index (χ0) is 11.9. The van der Waals surface area contributed by atoms with E-state index in [0.717, 1.165) is 11.0 Å². The van der Waals surface area contributed by atoms with Crippen molar-refractivity contribution >= 4 is 21.6 Å². The molecule has 2 fully saturated rings. The summed E-state index contributed by atoms with van der Waals surface area (Å²) in [5, 5.41) is 3.61. The van der Waals surface area contributed by atoms with Crippen molar-refractivity contribution in [2.24, 2.45) is 5.41 Å². The van der Waals surface area contributed by atoms with Gasteiger partial charge in [0.05, 0.1) is 0 Å². The Morgan fingerprint density at radius 3 is 2.65 bits per heavy atom. The second-order valence-corrected chi connectivity index (χ2v) is 6.50. The molecule has 2 aliphatic rings. The van der Waals surface area contributed by atoms with Crippen LogP contribution in [0.5, 0.6) is 0 Å². The minimum atomic E-state index is 0.567. The molecule has 2 nitrogen and oxygen atoms in total. The smallest absolute Gasteiger partial charge is 0.0386 e. The van der Waals surface area contributed by atoms with Gasteiger partial charge >= 0.3 is 0 Å². The molecule has 0 aromatic heterocycles. The third kappa shape index (κ3) is 2.36. The van der Waals surface area contributed by atoms with Crippen LogP contribution in [-0.2, 0) is 0 Å². The van der Waals surface area contributed by atoms with Crippen LogP contribution in [0.3, 0.4) is 0 Å². The lowest BCUT2D eigenvalue weighted by Gasteiger charge is -2.31. The highest BCUT2D eigenvalue weighted by molar-refractivity contribution is 9.10. The van der Waals surface area contributed by atoms with Crippen LogP contribution in [0.15, 0.2) is 28.7 Å². The first kappa shape index (κ1) is 11.5. The molecular weight excluding hydrogens is 276 g/mol. The van der Waals surface area contributed by atoms with Gasteiger partial charge in [-0.2, -0.15) is 0 Å². The summed E-state index contributed by atoms with van der Waals surface area (Å²) in [6, 6.07) is 9.31. The molecule has 3 rings (SSSR count). The average molecular weight is 295 g/mol. The summed E-state index contributed by atoms with van der Waals surface area (Å²) in [7, 11) is 0. The van der Waals surface area contributed by atoms with Gasteiger partial charge in [-0.3, -0.25) is 0 Å². The van der Waals surface area contributed by atoms with Gasteiger partial charge in [-0.25, -0.2) is 0 Å². The predicted molar refractivity (Wildman–Crippen MR) is 75.5 cm³/mol. The third-order valence-electron chi connectivity index (χ3n) is 4.09. The number of benzene rings is 1. The van der Waals surface area contributed by atoms with Crippen LogP contribution >= 0.6 is 15.9 Å². The third-order valence-corrected chi connectivity index (χ3v) is 4.62. The second-order valence-electron chi connectivity index (χ2n) is 5.58. The number of anilines is 1. The maximum Gasteiger partial charge on any atom is 0.0386 e. The van der Waals surface area contributed by atoms with Crippen molar-refractivity contribution in [3.63, 3.8) is 0 Å². The highest BCUT2D eigenvalue weighted by atomic mass is 79.9. The van der Waals surface area contributed by atoms with Crippen LogP contribution in [0.2, 0.25) is 0 Å². The Morgan fingerprint density at radius 1 is 1.29 bits per heavy atom. The van der Waals surface area contributed by atoms with Crippen LogP contribution in [0.4, 0.5) is 5.69 Å². The van der Waals surface area contributed by atoms with Crippen molar-refractivity contribution in [3.8, 4) is 0 Å². The van der Waals surface area contributed by atoms with Crippen molar-refractivity contribution in [1.29, 1.82) is 0 Å². The Kier molecular flexibility index (Phi) is 2.91. The zero-order valence-corrected chi connectivity index (χ0v) is 11.8. The van der Waals surface area contributed by atoms with E-state index in [1.807, 2.05) is 0 Å². The quantitative estimate of drug-likeness (QED) is 0.856. The van der Waals surface area contributed by atoms with Gasteiger partial charge in [0, 0.05) is 41.3 Å². The lowest BCUT2D eigenvalue weighted by molar-refractivity contribution is 0.500. The van der Waals surface area contributed by atoms with Gasteiger partial charge in [0.15, 0.2) is 0 Å². The summed E-state index contributed by atoms with van der Waals surface area (Å²) in [4.78, 5) is 2.57. The Balaban J connectivity index is 1.85. The summed E-state index contributed by atoms with van der Waals surface area (Å²) in [5.41, 5.74) is 1.92. The van der Waals surface area contributed by atoms with Gasteiger partial charge in [0.2, 0.25) is 0 Å². The molecule has 1 atom stereocenters. The van der Waals surface area contributed by atoms with Gasteiger partial charge < -0.3 is 10.2 Å². The van der Waals surface area contributed by atoms with E-state index in [1.54, 1.807) is 0 Å². The Morgan fingerprint density at radius 2 is 2.00 bits per heavy atom. The molecule has 1 saturated heterocycles. The van der Waals surface area contributed by atoms with Gasteiger partial charge in [-0.05, 0) is 44.0 Å². The van der Waals surface area contributed by atoms with Crippen molar-refractivity contribution in [2.45, 2.75) is 25.8 Å². The fourth-order valence-corrected chi connectivity index (χ4v) is 2.98. The molecule has 1 aliphatic carbocycles. The van der Waals surface area contributed by atoms with E-state index in [2.05, 4.69) is 57.3 Å². The van der Waals surface area contributed by atoms with Gasteiger partial charge in [0.25, 0.3) is 0 Å². The van der Waals surface area contributed by atoms with Crippen LogP contribution in [0.25, 0.3) is 0 Å². The maximum absolute atomic E-state index is 3.61. The number of halogens is 1. The SMILES string of the molecule is CC1CNCC2(CC2)CN1c1ccc(Br)cc1. The van der Waals surface area contributed by atoms with E-state index >= 15 is 0 Å². The van der Waals surface area contributed by atoms with Crippen molar-refractivity contribution in [1.82, 2.24) is 5.32 Å². The molecule has 1 heterocycles. The molecule has 1 saturated carbocycles. The number of nitrogens with one attached hydrogen (secondary N) is 1. The molecule has 1 spiro atoms. The van der Waals surface area contributed by atoms with Crippen molar-refractivity contribution in [3.05, 3.63) is 28.7 Å². The van der Waals surface area contributed by atoms with Gasteiger partial charge in [0.1, 0.15) is 0 Å². The molecular formula is C14H19BrN2. The Hall–Kier alpha value is -0.540. The van der Waals surface area contributed by atoms with Crippen LogP contribution in [-0.4, -0.2) is 25.7 Å². The van der Waals surface area contributed by atoms with E-state index < -0.39 is 0 Å². The molecule has 1 aromatic rings. The minimum Gasteiger partial charge on any atom is -0.367 e. The van der Waals surface area contributed by atoms with Crippen LogP contribution in [0, 0.1) is 5.41 Å². The second kappa shape index (κ2) is 4.29. The first-order valence-corrected chi connectivity index (χ1v) is 7.21. The normalized spacial score (nSPS) is 26.9. The highest BCUT2D eigenvalue weighted by Crippen LogP contribution is 2.47. The van der Waals surface area contributed by atoms with E-state index in [4.69, 9.17) is 0 Å². The summed E-state index contributed by atoms with van der Waals surface area (Å²) in [6.45, 7) is 5.82. The summed E-state index contributed by atoms with van der Waals surface area (Å²) < 4.78 is 1.16. The zero-order valence-electron chi connectivity index (χ0n) is 10.2. The summed E-state index contributed by atoms with van der Waals surface area (Å²) >= 11 is 3.50. The molecule has 1 aromatic carbocycles. The van der Waals surface area contributed by atoms with Crippen LogP contribution < -0.4 is 10.2 Å². The number of rotatable bonds is 1. The first-order chi connectivity index (χ1) is 8.19.